The number of carbonyl (C=O) groups is 2. The molecule has 1 N–H and O–H groups in total. The van der Waals surface area contributed by atoms with Crippen LogP contribution < -0.4 is 0 Å². The molecule has 0 spiro atoms. The van der Waals surface area contributed by atoms with Gasteiger partial charge in [0.25, 0.3) is 0 Å². The molecule has 1 aromatic rings. The van der Waals surface area contributed by atoms with Crippen LogP contribution in [0.25, 0.3) is 0 Å². The Bertz CT molecular complexity index is 956. The highest BCUT2D eigenvalue weighted by atomic mass is 19.4. The molecule has 11 heteroatoms. The summed E-state index contributed by atoms with van der Waals surface area (Å²) in [5.74, 6) is 0.875. The van der Waals surface area contributed by atoms with Crippen LogP contribution in [0.15, 0.2) is 18.5 Å². The lowest BCUT2D eigenvalue weighted by Crippen LogP contribution is -2.45. The van der Waals surface area contributed by atoms with Gasteiger partial charge in [-0.1, -0.05) is 6.08 Å². The molecule has 0 aromatic carbocycles. The van der Waals surface area contributed by atoms with Gasteiger partial charge >= 0.3 is 12.4 Å². The molecule has 5 rings (SSSR count). The number of carbonyl (C=O) groups excluding carboxylic acids is 2. The Morgan fingerprint density at radius 3 is 2.33 bits per heavy atom. The van der Waals surface area contributed by atoms with Crippen LogP contribution in [0.4, 0.5) is 18.0 Å². The lowest BCUT2D eigenvalue weighted by molar-refractivity contribution is -0.345. The Labute approximate surface area is 208 Å². The highest BCUT2D eigenvalue weighted by Gasteiger charge is 2.39. The maximum atomic E-state index is 13.1. The fourth-order valence-corrected chi connectivity index (χ4v) is 6.21. The van der Waals surface area contributed by atoms with Crippen molar-refractivity contribution < 1.29 is 27.5 Å². The first-order valence-electron chi connectivity index (χ1n) is 13.0. The minimum atomic E-state index is -4.59. The maximum Gasteiger partial charge on any atom is 0.522 e. The molecule has 8 nitrogen and oxygen atoms in total. The molecule has 1 aliphatic carbocycles. The van der Waals surface area contributed by atoms with Gasteiger partial charge in [-0.15, -0.1) is 13.2 Å². The number of H-pyrrole nitrogens is 1. The zero-order chi connectivity index (χ0) is 25.3. The number of urea groups is 1. The van der Waals surface area contributed by atoms with Crippen molar-refractivity contribution in [1.82, 2.24) is 24.7 Å². The predicted octanol–water partition coefficient (Wildman–Crippen LogP) is 3.71. The summed E-state index contributed by atoms with van der Waals surface area (Å²) in [6.45, 7) is 4.06. The van der Waals surface area contributed by atoms with Crippen molar-refractivity contribution >= 4 is 11.9 Å². The first kappa shape index (κ1) is 25.1. The maximum absolute atomic E-state index is 13.1. The van der Waals surface area contributed by atoms with E-state index in [1.165, 1.54) is 0 Å². The topological polar surface area (TPSA) is 81.8 Å². The summed E-state index contributed by atoms with van der Waals surface area (Å²) >= 11 is 0. The first-order chi connectivity index (χ1) is 17.2. The fourth-order valence-electron chi connectivity index (χ4n) is 6.21. The standard InChI is InChI=1S/C25H34F3N5O3/c26-25(27,28)36-20-4-1-17(2-5-20)3-6-23(34)31-10-7-18-13-33(14-19(18)8-11-31)24(35)32-12-9-21-22(15-32)30-16-29-21/h3,6,16-20H,1-2,4-5,7-15H2,(H,29,30). The van der Waals surface area contributed by atoms with Gasteiger partial charge in [0, 0.05) is 39.1 Å². The van der Waals surface area contributed by atoms with E-state index in [0.29, 0.717) is 63.7 Å². The molecule has 3 aliphatic heterocycles. The van der Waals surface area contributed by atoms with Crippen LogP contribution in [0.2, 0.25) is 0 Å². The van der Waals surface area contributed by atoms with Crippen molar-refractivity contribution in [2.24, 2.45) is 17.8 Å². The van der Waals surface area contributed by atoms with E-state index < -0.39 is 12.5 Å². The van der Waals surface area contributed by atoms with E-state index >= 15 is 0 Å². The van der Waals surface area contributed by atoms with Crippen LogP contribution in [0.3, 0.4) is 0 Å². The summed E-state index contributed by atoms with van der Waals surface area (Å²) in [6.07, 6.45) is 4.21. The van der Waals surface area contributed by atoms with Gasteiger partial charge in [0.1, 0.15) is 0 Å². The minimum absolute atomic E-state index is 0.0275. The Morgan fingerprint density at radius 2 is 1.67 bits per heavy atom. The average Bonchev–Trinajstić information content (AvgIpc) is 3.44. The van der Waals surface area contributed by atoms with Crippen molar-refractivity contribution in [1.29, 1.82) is 0 Å². The van der Waals surface area contributed by atoms with Crippen LogP contribution >= 0.6 is 0 Å². The smallest absolute Gasteiger partial charge is 0.347 e. The molecule has 2 atom stereocenters. The van der Waals surface area contributed by atoms with E-state index in [0.717, 1.165) is 43.7 Å². The fraction of sp³-hybridized carbons (Fsp3) is 0.720. The molecular formula is C25H34F3N5O3. The number of ether oxygens (including phenoxy) is 1. The van der Waals surface area contributed by atoms with Crippen LogP contribution in [0.5, 0.6) is 0 Å². The molecule has 0 radical (unpaired) electrons. The Balaban J connectivity index is 1.06. The number of rotatable bonds is 3. The van der Waals surface area contributed by atoms with Crippen LogP contribution in [0.1, 0.15) is 49.9 Å². The van der Waals surface area contributed by atoms with Gasteiger partial charge in [-0.25, -0.2) is 9.78 Å². The van der Waals surface area contributed by atoms with Crippen LogP contribution in [0, 0.1) is 17.8 Å². The molecule has 3 fully saturated rings. The van der Waals surface area contributed by atoms with Gasteiger partial charge in [0.15, 0.2) is 0 Å². The third kappa shape index (κ3) is 5.87. The zero-order valence-corrected chi connectivity index (χ0v) is 20.4. The van der Waals surface area contributed by atoms with E-state index in [1.807, 2.05) is 20.8 Å². The first-order valence-corrected chi connectivity index (χ1v) is 13.0. The van der Waals surface area contributed by atoms with Crippen LogP contribution in [-0.4, -0.2) is 81.8 Å². The predicted molar refractivity (Wildman–Crippen MR) is 124 cm³/mol. The van der Waals surface area contributed by atoms with E-state index in [-0.39, 0.29) is 17.9 Å². The Hall–Kier alpha value is -2.56. The van der Waals surface area contributed by atoms with Crippen molar-refractivity contribution in [2.45, 2.75) is 64.0 Å². The lowest BCUT2D eigenvalue weighted by Gasteiger charge is -2.31. The zero-order valence-electron chi connectivity index (χ0n) is 20.4. The molecule has 1 saturated carbocycles. The van der Waals surface area contributed by atoms with Gasteiger partial charge in [-0.2, -0.15) is 0 Å². The van der Waals surface area contributed by atoms with E-state index in [2.05, 4.69) is 14.7 Å². The molecule has 4 heterocycles. The SMILES string of the molecule is O=C(C=CC1CCC(OC(F)(F)F)CC1)N1CCC2CN(C(=O)N3CCc4nc[nH]c4C3)CC2CC1. The number of amides is 3. The Morgan fingerprint density at radius 1 is 0.972 bits per heavy atom. The number of nitrogens with zero attached hydrogens (tertiary/aromatic N) is 4. The minimum Gasteiger partial charge on any atom is -0.347 e. The van der Waals surface area contributed by atoms with E-state index in [1.54, 1.807) is 12.4 Å². The largest absolute Gasteiger partial charge is 0.522 e. The number of alkyl halides is 3. The highest BCUT2D eigenvalue weighted by molar-refractivity contribution is 5.87. The molecule has 2 saturated heterocycles. The summed E-state index contributed by atoms with van der Waals surface area (Å²) in [4.78, 5) is 39.1. The van der Waals surface area contributed by atoms with Gasteiger partial charge in [-0.3, -0.25) is 9.53 Å². The number of hydrogen-bond acceptors (Lipinski definition) is 4. The van der Waals surface area contributed by atoms with Gasteiger partial charge in [0.2, 0.25) is 5.91 Å². The molecule has 1 aromatic heterocycles. The summed E-state index contributed by atoms with van der Waals surface area (Å²) in [5.41, 5.74) is 2.07. The van der Waals surface area contributed by atoms with Gasteiger partial charge in [-0.05, 0) is 62.4 Å². The second-order valence-corrected chi connectivity index (χ2v) is 10.6. The number of imidazole rings is 1. The summed E-state index contributed by atoms with van der Waals surface area (Å²) < 4.78 is 41.3. The van der Waals surface area contributed by atoms with E-state index in [4.69, 9.17) is 0 Å². The number of halogens is 3. The monoisotopic (exact) mass is 509 g/mol. The molecule has 3 amide bonds. The van der Waals surface area contributed by atoms with E-state index in [9.17, 15) is 22.8 Å². The van der Waals surface area contributed by atoms with Crippen molar-refractivity contribution in [3.05, 3.63) is 29.9 Å². The van der Waals surface area contributed by atoms with Crippen LogP contribution in [-0.2, 0) is 22.5 Å². The second kappa shape index (κ2) is 10.4. The number of likely N-dealkylation sites (tertiary alicyclic amines) is 2. The molecule has 36 heavy (non-hydrogen) atoms. The number of nitrogens with one attached hydrogen (secondary N) is 1. The lowest BCUT2D eigenvalue weighted by atomic mass is 9.87. The number of fused-ring (bicyclic) bond motifs is 2. The van der Waals surface area contributed by atoms with Gasteiger partial charge < -0.3 is 19.7 Å². The number of hydrogen-bond donors (Lipinski definition) is 1. The summed E-state index contributed by atoms with van der Waals surface area (Å²) in [5, 5.41) is 0. The highest BCUT2D eigenvalue weighted by Crippen LogP contribution is 2.34. The third-order valence-corrected chi connectivity index (χ3v) is 8.27. The van der Waals surface area contributed by atoms with Crippen molar-refractivity contribution in [2.75, 3.05) is 32.7 Å². The second-order valence-electron chi connectivity index (χ2n) is 10.6. The average molecular weight is 510 g/mol. The summed E-state index contributed by atoms with van der Waals surface area (Å²) in [7, 11) is 0. The Kier molecular flexibility index (Phi) is 7.28. The summed E-state index contributed by atoms with van der Waals surface area (Å²) in [6, 6.07) is 0.0922. The number of allylic oxidation sites excluding steroid dienone is 1. The molecule has 0 bridgehead atoms. The number of aromatic nitrogens is 2. The third-order valence-electron chi connectivity index (χ3n) is 8.27. The van der Waals surface area contributed by atoms with Crippen molar-refractivity contribution in [3.63, 3.8) is 0 Å². The molecule has 198 valence electrons. The van der Waals surface area contributed by atoms with Gasteiger partial charge in [0.05, 0.1) is 30.4 Å². The number of aromatic amines is 1. The molecular weight excluding hydrogens is 475 g/mol. The molecule has 4 aliphatic rings. The van der Waals surface area contributed by atoms with Crippen molar-refractivity contribution in [3.8, 4) is 0 Å². The quantitative estimate of drug-likeness (QED) is 0.630. The normalized spacial score (nSPS) is 29.2. The molecule has 2 unspecified atom stereocenters.